The van der Waals surface area contributed by atoms with Crippen LogP contribution in [-0.2, 0) is 0 Å². The van der Waals surface area contributed by atoms with Crippen molar-refractivity contribution in [2.45, 2.75) is 4.84 Å². The van der Waals surface area contributed by atoms with Crippen molar-refractivity contribution in [3.8, 4) is 0 Å². The molecule has 0 spiro atoms. The second-order valence-electron chi connectivity index (χ2n) is 0.860. The van der Waals surface area contributed by atoms with Crippen LogP contribution in [0.5, 0.6) is 0 Å². The Balaban J connectivity index is 3.03. The molecular weight excluding hydrogens is 135 g/mol. The molecule has 0 atom stereocenters. The summed E-state index contributed by atoms with van der Waals surface area (Å²) in [6.07, 6.45) is 1.76. The molecule has 0 aliphatic heterocycles. The number of hydrogen-bond acceptors (Lipinski definition) is 0. The van der Waals surface area contributed by atoms with Gasteiger partial charge in [-0.2, -0.15) is 0 Å². The zero-order valence-corrected chi connectivity index (χ0v) is 7.00. The average molecular weight is 141 g/mol. The largest absolute Gasteiger partial charge is 0.125 e. The quantitative estimate of drug-likeness (QED) is 0.372. The maximum absolute atomic E-state index is 5.28. The van der Waals surface area contributed by atoms with Crippen LogP contribution in [0.3, 0.4) is 0 Å². The molecule has 0 aliphatic carbocycles. The third kappa shape index (κ3) is 4.54. The lowest BCUT2D eigenvalue weighted by Gasteiger charge is -1.81. The van der Waals surface area contributed by atoms with Crippen LogP contribution in [0, 0.1) is 0 Å². The highest BCUT2D eigenvalue weighted by Gasteiger charge is 1.82. The van der Waals surface area contributed by atoms with Crippen molar-refractivity contribution in [3.05, 3.63) is 11.8 Å². The van der Waals surface area contributed by atoms with E-state index >= 15 is 0 Å². The minimum absolute atomic E-state index is 0.303. The molecule has 0 heterocycles. The van der Waals surface area contributed by atoms with Gasteiger partial charge in [0, 0.05) is 10.2 Å². The topological polar surface area (TPSA) is 0 Å². The summed E-state index contributed by atoms with van der Waals surface area (Å²) in [5.74, 6) is 0. The second-order valence-corrected chi connectivity index (χ2v) is 2.69. The molecule has 3 heteroatoms. The Bertz CT molecular complexity index is 50.8. The van der Waals surface area contributed by atoms with E-state index in [4.69, 9.17) is 23.2 Å². The van der Waals surface area contributed by atoms with Crippen LogP contribution in [0.4, 0.5) is 0 Å². The van der Waals surface area contributed by atoms with E-state index in [9.17, 15) is 0 Å². The molecule has 36 valence electrons. The zero-order valence-electron chi connectivity index (χ0n) is 3.49. The van der Waals surface area contributed by atoms with Crippen molar-refractivity contribution in [2.24, 2.45) is 0 Å². The van der Waals surface area contributed by atoms with E-state index in [0.717, 1.165) is 10.2 Å². The minimum Gasteiger partial charge on any atom is -0.107 e. The SMILES string of the molecule is [SiH3]C=CC(Cl)Cl. The highest BCUT2D eigenvalue weighted by atomic mass is 35.5. The molecule has 0 saturated heterocycles. The average Bonchev–Trinajstić information content (AvgIpc) is 1.35. The zero-order chi connectivity index (χ0) is 4.99. The van der Waals surface area contributed by atoms with Crippen LogP contribution in [0.2, 0.25) is 0 Å². The molecule has 0 fully saturated rings. The lowest BCUT2D eigenvalue weighted by molar-refractivity contribution is 1.63. The van der Waals surface area contributed by atoms with Gasteiger partial charge in [0.25, 0.3) is 0 Å². The summed E-state index contributed by atoms with van der Waals surface area (Å²) in [6, 6.07) is 0. The monoisotopic (exact) mass is 140 g/mol. The first-order valence-electron chi connectivity index (χ1n) is 1.68. The van der Waals surface area contributed by atoms with Crippen LogP contribution in [0.1, 0.15) is 0 Å². The normalized spacial score (nSPS) is 11.8. The van der Waals surface area contributed by atoms with Crippen LogP contribution in [0.15, 0.2) is 11.8 Å². The van der Waals surface area contributed by atoms with Gasteiger partial charge in [0.2, 0.25) is 0 Å². The van der Waals surface area contributed by atoms with Crippen molar-refractivity contribution in [2.75, 3.05) is 0 Å². The van der Waals surface area contributed by atoms with Gasteiger partial charge in [-0.05, 0) is 0 Å². The lowest BCUT2D eigenvalue weighted by Crippen LogP contribution is -1.73. The van der Waals surface area contributed by atoms with Gasteiger partial charge in [-0.25, -0.2) is 0 Å². The molecule has 0 radical (unpaired) electrons. The van der Waals surface area contributed by atoms with Gasteiger partial charge in [-0.15, -0.1) is 28.9 Å². The molecule has 0 unspecified atom stereocenters. The molecule has 0 amide bonds. The van der Waals surface area contributed by atoms with Gasteiger partial charge in [-0.3, -0.25) is 0 Å². The smallest absolute Gasteiger partial charge is 0.107 e. The molecule has 0 aliphatic rings. The van der Waals surface area contributed by atoms with E-state index in [1.54, 1.807) is 6.08 Å². The highest BCUT2D eigenvalue weighted by Crippen LogP contribution is 2.00. The van der Waals surface area contributed by atoms with Crippen molar-refractivity contribution in [3.63, 3.8) is 0 Å². The summed E-state index contributed by atoms with van der Waals surface area (Å²) in [4.78, 5) is -0.303. The first-order chi connectivity index (χ1) is 2.77. The third-order valence-electron chi connectivity index (χ3n) is 0.338. The van der Waals surface area contributed by atoms with Crippen LogP contribution in [0.25, 0.3) is 0 Å². The standard InChI is InChI=1S/C3H6Cl2Si/c4-3(5)1-2-6/h1-3H,6H3. The van der Waals surface area contributed by atoms with E-state index in [-0.39, 0.29) is 4.84 Å². The maximum Gasteiger partial charge on any atom is 0.125 e. The van der Waals surface area contributed by atoms with E-state index in [1.165, 1.54) is 0 Å². The Morgan fingerprint density at radius 2 is 2.00 bits per heavy atom. The molecule has 6 heavy (non-hydrogen) atoms. The van der Waals surface area contributed by atoms with Crippen molar-refractivity contribution < 1.29 is 0 Å². The number of halogens is 2. The van der Waals surface area contributed by atoms with Crippen molar-refractivity contribution in [1.29, 1.82) is 0 Å². The Morgan fingerprint density at radius 3 is 2.00 bits per heavy atom. The molecule has 0 nitrogen and oxygen atoms in total. The Hall–Kier alpha value is 0.537. The Labute approximate surface area is 50.6 Å². The van der Waals surface area contributed by atoms with E-state index < -0.39 is 0 Å². The predicted molar refractivity (Wildman–Crippen MR) is 34.6 cm³/mol. The van der Waals surface area contributed by atoms with Crippen molar-refractivity contribution >= 4 is 33.4 Å². The Kier molecular flexibility index (Phi) is 4.05. The third-order valence-corrected chi connectivity index (χ3v) is 1.01. The van der Waals surface area contributed by atoms with E-state index in [0.29, 0.717) is 0 Å². The highest BCUT2D eigenvalue weighted by molar-refractivity contribution is 6.45. The van der Waals surface area contributed by atoms with Gasteiger partial charge in [0.05, 0.1) is 0 Å². The van der Waals surface area contributed by atoms with Crippen molar-refractivity contribution in [1.82, 2.24) is 0 Å². The van der Waals surface area contributed by atoms with Gasteiger partial charge >= 0.3 is 0 Å². The van der Waals surface area contributed by atoms with E-state index in [1.807, 2.05) is 5.70 Å². The van der Waals surface area contributed by atoms with E-state index in [2.05, 4.69) is 0 Å². The second kappa shape index (κ2) is 3.72. The van der Waals surface area contributed by atoms with Crippen LogP contribution in [-0.4, -0.2) is 15.1 Å². The summed E-state index contributed by atoms with van der Waals surface area (Å²) in [7, 11) is 1.04. The van der Waals surface area contributed by atoms with Gasteiger partial charge in [0.1, 0.15) is 4.84 Å². The fourth-order valence-electron chi connectivity index (χ4n) is 0.145. The summed E-state index contributed by atoms with van der Waals surface area (Å²) in [6.45, 7) is 0. The molecule has 0 aromatic rings. The molecule has 0 bridgehead atoms. The maximum atomic E-state index is 5.28. The summed E-state index contributed by atoms with van der Waals surface area (Å²) < 4.78 is 0. The van der Waals surface area contributed by atoms with Crippen LogP contribution < -0.4 is 0 Å². The molecule has 0 saturated carbocycles. The fraction of sp³-hybridized carbons (Fsp3) is 0.333. The summed E-state index contributed by atoms with van der Waals surface area (Å²) in [5, 5.41) is 0. The minimum atomic E-state index is -0.303. The fourth-order valence-corrected chi connectivity index (χ4v) is 1.31. The predicted octanol–water partition coefficient (Wildman–Crippen LogP) is 0.669. The first-order valence-corrected chi connectivity index (χ1v) is 3.71. The Morgan fingerprint density at radius 1 is 1.50 bits per heavy atom. The molecule has 0 N–H and O–H groups in total. The molecule has 0 aromatic heterocycles. The van der Waals surface area contributed by atoms with Gasteiger partial charge in [-0.1, -0.05) is 6.08 Å². The van der Waals surface area contributed by atoms with Gasteiger partial charge < -0.3 is 0 Å². The number of hydrogen-bond donors (Lipinski definition) is 0. The first kappa shape index (κ1) is 6.54. The number of alkyl halides is 2. The lowest BCUT2D eigenvalue weighted by atomic mass is 10.7. The number of allylic oxidation sites excluding steroid dienone is 1. The summed E-state index contributed by atoms with van der Waals surface area (Å²) >= 11 is 10.6. The van der Waals surface area contributed by atoms with Gasteiger partial charge in [0.15, 0.2) is 0 Å². The molecule has 0 rings (SSSR count). The van der Waals surface area contributed by atoms with Crippen LogP contribution >= 0.6 is 23.2 Å². The summed E-state index contributed by atoms with van der Waals surface area (Å²) in [5.41, 5.74) is 1.95. The molecule has 0 aromatic carbocycles. The number of rotatable bonds is 1. The molecular formula is C3H6Cl2Si.